The van der Waals surface area contributed by atoms with Crippen molar-refractivity contribution >= 4 is 19.5 Å². The Labute approximate surface area is 333 Å². The molecule has 326 valence electrons. The van der Waals surface area contributed by atoms with Gasteiger partial charge >= 0.3 is 19.5 Å². The Hall–Kier alpha value is -1.11. The summed E-state index contributed by atoms with van der Waals surface area (Å²) >= 11 is 0. The van der Waals surface area contributed by atoms with Gasteiger partial charge in [-0.1, -0.05) is 168 Å². The second kappa shape index (κ2) is 32.8. The van der Waals surface area contributed by atoms with Gasteiger partial charge in [-0.15, -0.1) is 0 Å². The second-order valence-electron chi connectivity index (χ2n) is 16.0. The van der Waals surface area contributed by atoms with E-state index in [4.69, 9.17) is 14.0 Å². The van der Waals surface area contributed by atoms with Crippen LogP contribution < -0.4 is 0 Å². The van der Waals surface area contributed by atoms with Crippen LogP contribution in [0.15, 0.2) is 0 Å². The largest absolute Gasteiger partial charge is 0.462 e. The SMILES string of the molecule is CCCCCCCCCCCCCCCC(=O)OCC(CCP(=O)(O)O[C@@H]1[C@@H](O)[C@H](O)[C@@H](O)[C@H](O)[C@@H]1O)OC(=O)CCCCCCCCCCCCCCC. The molecule has 0 amide bonds. The van der Waals surface area contributed by atoms with E-state index in [1.807, 2.05) is 0 Å². The predicted octanol–water partition coefficient (Wildman–Crippen LogP) is 8.18. The second-order valence-corrected chi connectivity index (χ2v) is 17.9. The molecule has 1 fully saturated rings. The van der Waals surface area contributed by atoms with E-state index < -0.39 is 68.4 Å². The molecule has 0 saturated heterocycles. The monoisotopic (exact) mass is 809 g/mol. The molecule has 0 heterocycles. The van der Waals surface area contributed by atoms with Crippen LogP contribution >= 0.6 is 7.60 Å². The Morgan fingerprint density at radius 3 is 1.22 bits per heavy atom. The van der Waals surface area contributed by atoms with Crippen molar-refractivity contribution < 1.29 is 58.6 Å². The van der Waals surface area contributed by atoms with Crippen LogP contribution in [0.25, 0.3) is 0 Å². The van der Waals surface area contributed by atoms with Crippen LogP contribution in [0, 0.1) is 0 Å². The average Bonchev–Trinajstić information content (AvgIpc) is 3.16. The van der Waals surface area contributed by atoms with Gasteiger partial charge in [0.05, 0.1) is 6.16 Å². The summed E-state index contributed by atoms with van der Waals surface area (Å²) in [6.07, 6.45) is 17.7. The van der Waals surface area contributed by atoms with Crippen LogP contribution in [0.2, 0.25) is 0 Å². The summed E-state index contributed by atoms with van der Waals surface area (Å²) in [4.78, 5) is 35.9. The number of unbranched alkanes of at least 4 members (excludes halogenated alkanes) is 24. The Bertz CT molecular complexity index is 984. The van der Waals surface area contributed by atoms with Crippen molar-refractivity contribution in [2.45, 2.75) is 243 Å². The molecule has 8 atom stereocenters. The summed E-state index contributed by atoms with van der Waals surface area (Å²) < 4.78 is 29.1. The highest BCUT2D eigenvalue weighted by atomic mass is 31.2. The molecule has 12 nitrogen and oxygen atoms in total. The average molecular weight is 809 g/mol. The molecule has 0 aliphatic heterocycles. The van der Waals surface area contributed by atoms with Crippen LogP contribution in [0.3, 0.4) is 0 Å². The normalized spacial score (nSPS) is 23.0. The van der Waals surface area contributed by atoms with Crippen LogP contribution in [-0.2, 0) is 28.2 Å². The van der Waals surface area contributed by atoms with Crippen LogP contribution in [0.4, 0.5) is 0 Å². The zero-order chi connectivity index (χ0) is 40.7. The van der Waals surface area contributed by atoms with Crippen molar-refractivity contribution in [2.24, 2.45) is 0 Å². The smallest absolute Gasteiger partial charge is 0.328 e. The third kappa shape index (κ3) is 25.8. The highest BCUT2D eigenvalue weighted by molar-refractivity contribution is 7.52. The summed E-state index contributed by atoms with van der Waals surface area (Å²) in [5.74, 6) is -0.952. The van der Waals surface area contributed by atoms with Gasteiger partial charge in [0.25, 0.3) is 0 Å². The first-order chi connectivity index (χ1) is 26.4. The van der Waals surface area contributed by atoms with Gasteiger partial charge in [-0.2, -0.15) is 0 Å². The fourth-order valence-electron chi connectivity index (χ4n) is 7.12. The lowest BCUT2D eigenvalue weighted by Crippen LogP contribution is -2.64. The molecule has 0 aromatic heterocycles. The molecule has 1 saturated carbocycles. The van der Waals surface area contributed by atoms with E-state index in [0.29, 0.717) is 12.8 Å². The molecule has 6 N–H and O–H groups in total. The van der Waals surface area contributed by atoms with Gasteiger partial charge in [0, 0.05) is 12.8 Å². The van der Waals surface area contributed by atoms with Crippen molar-refractivity contribution in [3.05, 3.63) is 0 Å². The summed E-state index contributed by atoms with van der Waals surface area (Å²) in [6, 6.07) is 0. The number of ether oxygens (including phenoxy) is 2. The first-order valence-electron chi connectivity index (χ1n) is 22.2. The van der Waals surface area contributed by atoms with E-state index >= 15 is 0 Å². The molecule has 0 bridgehead atoms. The minimum atomic E-state index is -4.60. The zero-order valence-electron chi connectivity index (χ0n) is 34.5. The maximum atomic E-state index is 13.0. The van der Waals surface area contributed by atoms with Crippen molar-refractivity contribution in [1.29, 1.82) is 0 Å². The van der Waals surface area contributed by atoms with Crippen LogP contribution in [-0.4, -0.2) is 97.9 Å². The minimum Gasteiger partial charge on any atom is -0.462 e. The van der Waals surface area contributed by atoms with Crippen molar-refractivity contribution in [3.63, 3.8) is 0 Å². The number of rotatable bonds is 36. The standard InChI is InChI=1S/C42H81O12P/c1-3-5-7-9-11-13-15-17-19-21-23-25-27-29-35(43)52-33-34(31-32-55(50,51)54-42-40(48)38(46)37(45)39(47)41(42)49)53-36(44)30-28-26-24-22-20-18-16-14-12-10-8-6-4-2/h34,37-42,45-49H,3-33H2,1-2H3,(H,50,51)/t34?,37-,38-,39+,40-,41-,42-/m0/s1. The fourth-order valence-corrected chi connectivity index (χ4v) is 8.47. The number of hydrogen-bond acceptors (Lipinski definition) is 11. The number of aliphatic hydroxyl groups excluding tert-OH is 5. The Balaban J connectivity index is 2.48. The van der Waals surface area contributed by atoms with Gasteiger partial charge in [-0.25, -0.2) is 0 Å². The lowest BCUT2D eigenvalue weighted by Gasteiger charge is -2.41. The van der Waals surface area contributed by atoms with Gasteiger partial charge in [0.15, 0.2) is 0 Å². The number of esters is 2. The van der Waals surface area contributed by atoms with Gasteiger partial charge in [-0.3, -0.25) is 18.7 Å². The van der Waals surface area contributed by atoms with E-state index in [0.717, 1.165) is 38.5 Å². The van der Waals surface area contributed by atoms with Crippen LogP contribution in [0.5, 0.6) is 0 Å². The van der Waals surface area contributed by atoms with Crippen LogP contribution in [0.1, 0.15) is 200 Å². The molecular weight excluding hydrogens is 727 g/mol. The van der Waals surface area contributed by atoms with Gasteiger partial charge in [0.1, 0.15) is 49.3 Å². The summed E-state index contributed by atoms with van der Waals surface area (Å²) in [5.41, 5.74) is 0. The number of carbonyl (C=O) groups excluding carboxylic acids is 2. The topological polar surface area (TPSA) is 200 Å². The van der Waals surface area contributed by atoms with E-state index in [2.05, 4.69) is 13.8 Å². The molecule has 1 aliphatic carbocycles. The van der Waals surface area contributed by atoms with Gasteiger partial charge in [-0.05, 0) is 19.3 Å². The van der Waals surface area contributed by atoms with E-state index in [1.54, 1.807) is 0 Å². The highest BCUT2D eigenvalue weighted by Crippen LogP contribution is 2.46. The molecule has 55 heavy (non-hydrogen) atoms. The number of hydrogen-bond donors (Lipinski definition) is 6. The maximum absolute atomic E-state index is 13.0. The highest BCUT2D eigenvalue weighted by Gasteiger charge is 2.51. The third-order valence-corrected chi connectivity index (χ3v) is 12.2. The molecule has 0 aromatic carbocycles. The lowest BCUT2D eigenvalue weighted by molar-refractivity contribution is -0.218. The first-order valence-corrected chi connectivity index (χ1v) is 23.9. The van der Waals surface area contributed by atoms with Crippen molar-refractivity contribution in [2.75, 3.05) is 12.8 Å². The Morgan fingerprint density at radius 1 is 0.509 bits per heavy atom. The Morgan fingerprint density at radius 2 is 0.836 bits per heavy atom. The third-order valence-electron chi connectivity index (χ3n) is 10.8. The molecule has 2 unspecified atom stereocenters. The first kappa shape index (κ1) is 51.9. The Kier molecular flexibility index (Phi) is 31.0. The zero-order valence-corrected chi connectivity index (χ0v) is 35.4. The minimum absolute atomic E-state index is 0.160. The van der Waals surface area contributed by atoms with Crippen molar-refractivity contribution in [3.8, 4) is 0 Å². The molecular formula is C42H81O12P. The number of aliphatic hydroxyl groups is 5. The summed E-state index contributed by atoms with van der Waals surface area (Å²) in [7, 11) is -4.60. The van der Waals surface area contributed by atoms with E-state index in [9.17, 15) is 44.6 Å². The molecule has 1 rings (SSSR count). The lowest BCUT2D eigenvalue weighted by atomic mass is 9.85. The number of carbonyl (C=O) groups is 2. The quantitative estimate of drug-likeness (QED) is 0.0202. The molecule has 0 spiro atoms. The molecule has 0 radical (unpaired) electrons. The predicted molar refractivity (Wildman–Crippen MR) is 216 cm³/mol. The molecule has 13 heteroatoms. The molecule has 1 aliphatic rings. The summed E-state index contributed by atoms with van der Waals surface area (Å²) in [5, 5.41) is 50.2. The van der Waals surface area contributed by atoms with E-state index in [-0.39, 0.29) is 25.9 Å². The van der Waals surface area contributed by atoms with Gasteiger partial charge in [0.2, 0.25) is 0 Å². The maximum Gasteiger partial charge on any atom is 0.328 e. The molecule has 0 aromatic rings. The summed E-state index contributed by atoms with van der Waals surface area (Å²) in [6.45, 7) is 4.15. The van der Waals surface area contributed by atoms with Gasteiger partial charge < -0.3 is 39.9 Å². The fraction of sp³-hybridized carbons (Fsp3) is 0.952. The van der Waals surface area contributed by atoms with E-state index in [1.165, 1.54) is 116 Å². The van der Waals surface area contributed by atoms with Crippen molar-refractivity contribution in [1.82, 2.24) is 0 Å².